The number of carbonyl (C=O) groups excluding carboxylic acids is 2. The minimum Gasteiger partial charge on any atom is -0.323 e. The Bertz CT molecular complexity index is 1300. The van der Waals surface area contributed by atoms with Crippen LogP contribution in [0.25, 0.3) is 5.69 Å². The van der Waals surface area contributed by atoms with Crippen LogP contribution in [0.5, 0.6) is 0 Å². The topological polar surface area (TPSA) is 107 Å². The second-order valence-corrected chi connectivity index (χ2v) is 7.98. The highest BCUT2D eigenvalue weighted by molar-refractivity contribution is 6.34. The van der Waals surface area contributed by atoms with Crippen LogP contribution in [0.1, 0.15) is 34.7 Å². The number of anilines is 2. The Morgan fingerprint density at radius 1 is 1.03 bits per heavy atom. The van der Waals surface area contributed by atoms with E-state index in [2.05, 4.69) is 25.8 Å². The summed E-state index contributed by atoms with van der Waals surface area (Å²) in [7, 11) is 0. The maximum Gasteiger partial charge on any atom is 0.255 e. The minimum atomic E-state index is -0.505. The summed E-state index contributed by atoms with van der Waals surface area (Å²) in [5.74, 6) is -0.529. The van der Waals surface area contributed by atoms with Crippen LogP contribution in [0.3, 0.4) is 0 Å². The molecule has 0 radical (unpaired) electrons. The fourth-order valence-corrected chi connectivity index (χ4v) is 3.62. The first kappa shape index (κ1) is 22.2. The van der Waals surface area contributed by atoms with Gasteiger partial charge in [-0.2, -0.15) is 10.2 Å². The molecule has 0 aliphatic heterocycles. The summed E-state index contributed by atoms with van der Waals surface area (Å²) < 4.78 is 3.27. The van der Waals surface area contributed by atoms with Crippen LogP contribution in [0.15, 0.2) is 61.2 Å². The first-order valence-corrected chi connectivity index (χ1v) is 10.6. The van der Waals surface area contributed by atoms with Gasteiger partial charge in [0.2, 0.25) is 5.91 Å². The van der Waals surface area contributed by atoms with Gasteiger partial charge in [0.05, 0.1) is 22.1 Å². The Kier molecular flexibility index (Phi) is 6.23. The normalized spacial score (nSPS) is 11.8. The van der Waals surface area contributed by atoms with Gasteiger partial charge < -0.3 is 10.6 Å². The van der Waals surface area contributed by atoms with Crippen molar-refractivity contribution in [2.75, 3.05) is 10.6 Å². The molecule has 9 nitrogen and oxygen atoms in total. The standard InChI is InChI=1S/C23H22ClN7O2/c1-14-10-15(2)31(29-14)16(3)22(32)28-21-9-6-18(11-20(21)24)27-23(33)17-4-7-19(8-5-17)30-13-25-12-26-30/h4-13,16H,1-3H3,(H,27,33)(H,28,32). The lowest BCUT2D eigenvalue weighted by Gasteiger charge is -2.16. The van der Waals surface area contributed by atoms with Crippen molar-refractivity contribution in [1.29, 1.82) is 0 Å². The van der Waals surface area contributed by atoms with E-state index in [1.807, 2.05) is 19.9 Å². The Morgan fingerprint density at radius 2 is 1.79 bits per heavy atom. The number of benzene rings is 2. The van der Waals surface area contributed by atoms with Gasteiger partial charge in [-0.25, -0.2) is 9.67 Å². The molecule has 168 valence electrons. The van der Waals surface area contributed by atoms with E-state index in [1.54, 1.807) is 65.1 Å². The van der Waals surface area contributed by atoms with Crippen LogP contribution in [0.4, 0.5) is 11.4 Å². The van der Waals surface area contributed by atoms with Crippen molar-refractivity contribution in [2.24, 2.45) is 0 Å². The molecule has 1 atom stereocenters. The molecule has 2 N–H and O–H groups in total. The quantitative estimate of drug-likeness (QED) is 0.446. The Balaban J connectivity index is 1.41. The molecule has 0 spiro atoms. The summed E-state index contributed by atoms with van der Waals surface area (Å²) >= 11 is 6.36. The molecule has 2 aromatic heterocycles. The Labute approximate surface area is 195 Å². The van der Waals surface area contributed by atoms with E-state index in [0.717, 1.165) is 17.1 Å². The molecule has 0 aliphatic rings. The first-order chi connectivity index (χ1) is 15.8. The average molecular weight is 464 g/mol. The lowest BCUT2D eigenvalue weighted by atomic mass is 10.2. The van der Waals surface area contributed by atoms with Crippen molar-refractivity contribution in [3.8, 4) is 5.69 Å². The number of nitrogens with one attached hydrogen (secondary N) is 2. The zero-order valence-electron chi connectivity index (χ0n) is 18.3. The van der Waals surface area contributed by atoms with E-state index in [9.17, 15) is 9.59 Å². The fourth-order valence-electron chi connectivity index (χ4n) is 3.39. The van der Waals surface area contributed by atoms with E-state index in [-0.39, 0.29) is 11.8 Å². The number of halogens is 1. The summed E-state index contributed by atoms with van der Waals surface area (Å²) in [6.45, 7) is 5.55. The molecule has 0 aliphatic carbocycles. The number of hydrogen-bond donors (Lipinski definition) is 2. The van der Waals surface area contributed by atoms with Gasteiger partial charge in [0, 0.05) is 16.9 Å². The number of nitrogens with zero attached hydrogens (tertiary/aromatic N) is 5. The number of hydrogen-bond acceptors (Lipinski definition) is 5. The fraction of sp³-hybridized carbons (Fsp3) is 0.174. The van der Waals surface area contributed by atoms with Gasteiger partial charge in [-0.1, -0.05) is 11.6 Å². The van der Waals surface area contributed by atoms with Crippen molar-refractivity contribution < 1.29 is 9.59 Å². The number of aromatic nitrogens is 5. The number of amides is 2. The second kappa shape index (κ2) is 9.25. The predicted octanol–water partition coefficient (Wildman–Crippen LogP) is 4.19. The molecule has 2 heterocycles. The molecule has 4 aromatic rings. The molecule has 33 heavy (non-hydrogen) atoms. The third-order valence-electron chi connectivity index (χ3n) is 5.09. The van der Waals surface area contributed by atoms with Crippen LogP contribution in [0.2, 0.25) is 5.02 Å². The molecule has 2 amide bonds. The molecular weight excluding hydrogens is 442 g/mol. The predicted molar refractivity (Wildman–Crippen MR) is 126 cm³/mol. The summed E-state index contributed by atoms with van der Waals surface area (Å²) in [6.07, 6.45) is 3.02. The molecule has 4 rings (SSSR count). The zero-order chi connectivity index (χ0) is 23.5. The van der Waals surface area contributed by atoms with Gasteiger partial charge in [0.15, 0.2) is 0 Å². The van der Waals surface area contributed by atoms with Crippen LogP contribution >= 0.6 is 11.6 Å². The van der Waals surface area contributed by atoms with Gasteiger partial charge in [-0.15, -0.1) is 0 Å². The number of carbonyl (C=O) groups is 2. The molecule has 0 fully saturated rings. The summed E-state index contributed by atoms with van der Waals surface area (Å²) in [5.41, 5.74) is 3.97. The maximum absolute atomic E-state index is 12.7. The van der Waals surface area contributed by atoms with Crippen molar-refractivity contribution in [3.05, 3.63) is 83.2 Å². The lowest BCUT2D eigenvalue weighted by molar-refractivity contribution is -0.119. The molecule has 2 aromatic carbocycles. The highest BCUT2D eigenvalue weighted by Crippen LogP contribution is 2.27. The van der Waals surface area contributed by atoms with Gasteiger partial charge in [-0.05, 0) is 69.3 Å². The lowest BCUT2D eigenvalue weighted by Crippen LogP contribution is -2.25. The van der Waals surface area contributed by atoms with Crippen molar-refractivity contribution >= 4 is 34.8 Å². The summed E-state index contributed by atoms with van der Waals surface area (Å²) in [4.78, 5) is 29.2. The van der Waals surface area contributed by atoms with Gasteiger partial charge in [0.25, 0.3) is 5.91 Å². The molecular formula is C23H22ClN7O2. The Hall–Kier alpha value is -3.98. The molecule has 0 saturated heterocycles. The highest BCUT2D eigenvalue weighted by Gasteiger charge is 2.19. The zero-order valence-corrected chi connectivity index (χ0v) is 19.0. The van der Waals surface area contributed by atoms with Crippen LogP contribution in [-0.4, -0.2) is 36.4 Å². The van der Waals surface area contributed by atoms with E-state index in [0.29, 0.717) is 22.0 Å². The maximum atomic E-state index is 12.7. The van der Waals surface area contributed by atoms with E-state index in [4.69, 9.17) is 11.6 Å². The molecule has 0 saturated carbocycles. The molecule has 1 unspecified atom stereocenters. The van der Waals surface area contributed by atoms with Crippen LogP contribution < -0.4 is 10.6 Å². The van der Waals surface area contributed by atoms with Gasteiger partial charge in [0.1, 0.15) is 18.7 Å². The second-order valence-electron chi connectivity index (χ2n) is 7.57. The SMILES string of the molecule is Cc1cc(C)n(C(C)C(=O)Nc2ccc(NC(=O)c3ccc(-n4cncn4)cc3)cc2Cl)n1. The number of rotatable bonds is 6. The van der Waals surface area contributed by atoms with Crippen LogP contribution in [0, 0.1) is 13.8 Å². The molecule has 0 bridgehead atoms. The van der Waals surface area contributed by atoms with E-state index in [1.165, 1.54) is 6.33 Å². The number of aryl methyl sites for hydroxylation is 2. The van der Waals surface area contributed by atoms with Gasteiger partial charge in [-0.3, -0.25) is 14.3 Å². The van der Waals surface area contributed by atoms with Crippen molar-refractivity contribution in [1.82, 2.24) is 24.5 Å². The van der Waals surface area contributed by atoms with Crippen molar-refractivity contribution in [2.45, 2.75) is 26.8 Å². The summed E-state index contributed by atoms with van der Waals surface area (Å²) in [5, 5.41) is 14.3. The first-order valence-electron chi connectivity index (χ1n) is 10.2. The van der Waals surface area contributed by atoms with E-state index < -0.39 is 6.04 Å². The minimum absolute atomic E-state index is 0.243. The smallest absolute Gasteiger partial charge is 0.255 e. The van der Waals surface area contributed by atoms with Gasteiger partial charge >= 0.3 is 0 Å². The highest BCUT2D eigenvalue weighted by atomic mass is 35.5. The average Bonchev–Trinajstić information content (AvgIpc) is 3.44. The summed E-state index contributed by atoms with van der Waals surface area (Å²) in [6, 6.07) is 13.3. The van der Waals surface area contributed by atoms with Crippen molar-refractivity contribution in [3.63, 3.8) is 0 Å². The third kappa shape index (κ3) is 4.93. The largest absolute Gasteiger partial charge is 0.323 e. The monoisotopic (exact) mass is 463 g/mol. The molecule has 10 heteroatoms. The third-order valence-corrected chi connectivity index (χ3v) is 5.40. The Morgan fingerprint density at radius 3 is 2.39 bits per heavy atom. The van der Waals surface area contributed by atoms with Crippen LogP contribution in [-0.2, 0) is 4.79 Å². The van der Waals surface area contributed by atoms with E-state index >= 15 is 0 Å².